The number of benzene rings is 1. The molecule has 16 heavy (non-hydrogen) atoms. The molecule has 2 rings (SSSR count). The van der Waals surface area contributed by atoms with E-state index in [1.807, 2.05) is 18.2 Å². The molecule has 1 fully saturated rings. The molecule has 84 valence electrons. The van der Waals surface area contributed by atoms with E-state index in [1.165, 1.54) is 0 Å². The third kappa shape index (κ3) is 2.98. The minimum absolute atomic E-state index is 0.734. The lowest BCUT2D eigenvalue weighted by Crippen LogP contribution is -2.39. The maximum atomic E-state index is 9.06. The molecule has 0 bridgehead atoms. The second-order valence-electron chi connectivity index (χ2n) is 3.52. The predicted octanol–water partition coefficient (Wildman–Crippen LogP) is 2.23. The van der Waals surface area contributed by atoms with Crippen LogP contribution >= 0.6 is 27.9 Å². The molecule has 1 aromatic carbocycles. The van der Waals surface area contributed by atoms with Gasteiger partial charge in [-0.15, -0.1) is 0 Å². The Bertz CT molecular complexity index is 410. The number of rotatable bonds is 2. The van der Waals surface area contributed by atoms with Crippen molar-refractivity contribution in [1.82, 2.24) is 9.62 Å². The molecule has 0 unspecified atom stereocenters. The van der Waals surface area contributed by atoms with Crippen LogP contribution in [-0.2, 0) is 0 Å². The van der Waals surface area contributed by atoms with Gasteiger partial charge in [0.05, 0.1) is 5.56 Å². The number of nitriles is 1. The van der Waals surface area contributed by atoms with Crippen molar-refractivity contribution >= 4 is 27.9 Å². The third-order valence-electron chi connectivity index (χ3n) is 2.37. The fourth-order valence-corrected chi connectivity index (χ4v) is 2.88. The first kappa shape index (κ1) is 11.9. The summed E-state index contributed by atoms with van der Waals surface area (Å²) in [6, 6.07) is 8.07. The van der Waals surface area contributed by atoms with E-state index in [2.05, 4.69) is 31.6 Å². The molecule has 5 heteroatoms. The van der Waals surface area contributed by atoms with Crippen LogP contribution in [0.25, 0.3) is 0 Å². The van der Waals surface area contributed by atoms with Crippen molar-refractivity contribution in [3.05, 3.63) is 28.2 Å². The van der Waals surface area contributed by atoms with Gasteiger partial charge in [0.2, 0.25) is 0 Å². The van der Waals surface area contributed by atoms with Crippen LogP contribution in [0.15, 0.2) is 27.6 Å². The summed E-state index contributed by atoms with van der Waals surface area (Å²) in [6.45, 7) is 4.08. The first-order chi connectivity index (χ1) is 7.79. The molecule has 0 aromatic heterocycles. The van der Waals surface area contributed by atoms with E-state index in [-0.39, 0.29) is 0 Å². The Hall–Kier alpha value is -0.540. The Morgan fingerprint density at radius 3 is 2.81 bits per heavy atom. The van der Waals surface area contributed by atoms with Crippen molar-refractivity contribution < 1.29 is 0 Å². The van der Waals surface area contributed by atoms with Gasteiger partial charge >= 0.3 is 0 Å². The van der Waals surface area contributed by atoms with Crippen LogP contribution in [0.4, 0.5) is 0 Å². The molecule has 0 radical (unpaired) electrons. The van der Waals surface area contributed by atoms with E-state index in [0.717, 1.165) is 41.1 Å². The lowest BCUT2D eigenvalue weighted by molar-refractivity contribution is 0.396. The average molecular weight is 298 g/mol. The van der Waals surface area contributed by atoms with Gasteiger partial charge in [-0.3, -0.25) is 0 Å². The molecule has 1 aliphatic heterocycles. The van der Waals surface area contributed by atoms with Crippen molar-refractivity contribution in [3.8, 4) is 6.07 Å². The highest BCUT2D eigenvalue weighted by molar-refractivity contribution is 9.10. The molecule has 0 saturated carbocycles. The fourth-order valence-electron chi connectivity index (χ4n) is 1.54. The average Bonchev–Trinajstić information content (AvgIpc) is 2.33. The second kappa shape index (κ2) is 5.69. The summed E-state index contributed by atoms with van der Waals surface area (Å²) >= 11 is 5.05. The van der Waals surface area contributed by atoms with E-state index in [0.29, 0.717) is 0 Å². The van der Waals surface area contributed by atoms with E-state index in [4.69, 9.17) is 5.26 Å². The van der Waals surface area contributed by atoms with E-state index in [9.17, 15) is 0 Å². The molecule has 1 N–H and O–H groups in total. The normalized spacial score (nSPS) is 17.0. The molecule has 0 atom stereocenters. The maximum absolute atomic E-state index is 9.06. The number of nitrogens with one attached hydrogen (secondary N) is 1. The van der Waals surface area contributed by atoms with Crippen molar-refractivity contribution in [2.75, 3.05) is 26.2 Å². The van der Waals surface area contributed by atoms with Crippen molar-refractivity contribution in [3.63, 3.8) is 0 Å². The Balaban J connectivity index is 2.11. The molecule has 1 heterocycles. The van der Waals surface area contributed by atoms with Crippen LogP contribution < -0.4 is 5.32 Å². The number of halogens is 1. The highest BCUT2D eigenvalue weighted by Crippen LogP contribution is 2.28. The Morgan fingerprint density at radius 1 is 1.38 bits per heavy atom. The molecule has 0 aliphatic carbocycles. The predicted molar refractivity (Wildman–Crippen MR) is 69.2 cm³/mol. The summed E-state index contributed by atoms with van der Waals surface area (Å²) in [5.74, 6) is 0. The molecule has 1 saturated heterocycles. The van der Waals surface area contributed by atoms with Gasteiger partial charge in [0.25, 0.3) is 0 Å². The van der Waals surface area contributed by atoms with Crippen LogP contribution in [0.2, 0.25) is 0 Å². The number of piperazine rings is 1. The number of hydrogen-bond acceptors (Lipinski definition) is 4. The topological polar surface area (TPSA) is 39.1 Å². The van der Waals surface area contributed by atoms with Gasteiger partial charge in [-0.1, -0.05) is 15.9 Å². The van der Waals surface area contributed by atoms with Crippen molar-refractivity contribution in [2.45, 2.75) is 4.90 Å². The summed E-state index contributed by atoms with van der Waals surface area (Å²) in [5.41, 5.74) is 0.734. The van der Waals surface area contributed by atoms with Gasteiger partial charge in [-0.05, 0) is 30.1 Å². The quantitative estimate of drug-likeness (QED) is 0.850. The van der Waals surface area contributed by atoms with Gasteiger partial charge in [0, 0.05) is 35.5 Å². The SMILES string of the molecule is N#Cc1cc(Br)ccc1SN1CCNCC1. The van der Waals surface area contributed by atoms with Crippen LogP contribution in [0.3, 0.4) is 0 Å². The zero-order chi connectivity index (χ0) is 11.4. The minimum Gasteiger partial charge on any atom is -0.314 e. The molecular formula is C11H12BrN3S. The van der Waals surface area contributed by atoms with Crippen LogP contribution in [0, 0.1) is 11.3 Å². The largest absolute Gasteiger partial charge is 0.314 e. The van der Waals surface area contributed by atoms with Crippen LogP contribution in [-0.4, -0.2) is 30.5 Å². The van der Waals surface area contributed by atoms with Gasteiger partial charge in [-0.25, -0.2) is 4.31 Å². The third-order valence-corrected chi connectivity index (χ3v) is 4.03. The van der Waals surface area contributed by atoms with Gasteiger partial charge in [0.15, 0.2) is 0 Å². The summed E-state index contributed by atoms with van der Waals surface area (Å²) in [5, 5.41) is 12.4. The summed E-state index contributed by atoms with van der Waals surface area (Å²) in [6.07, 6.45) is 0. The molecule has 1 aromatic rings. The van der Waals surface area contributed by atoms with Gasteiger partial charge in [0.1, 0.15) is 6.07 Å². The van der Waals surface area contributed by atoms with E-state index < -0.39 is 0 Å². The minimum atomic E-state index is 0.734. The van der Waals surface area contributed by atoms with Crippen molar-refractivity contribution in [1.29, 1.82) is 5.26 Å². The van der Waals surface area contributed by atoms with Gasteiger partial charge in [-0.2, -0.15) is 5.26 Å². The molecule has 0 spiro atoms. The summed E-state index contributed by atoms with van der Waals surface area (Å²) < 4.78 is 3.24. The van der Waals surface area contributed by atoms with E-state index in [1.54, 1.807) is 11.9 Å². The monoisotopic (exact) mass is 297 g/mol. The van der Waals surface area contributed by atoms with Crippen LogP contribution in [0.5, 0.6) is 0 Å². The molecular weight excluding hydrogens is 286 g/mol. The summed E-state index contributed by atoms with van der Waals surface area (Å²) in [4.78, 5) is 1.03. The highest BCUT2D eigenvalue weighted by Gasteiger charge is 2.13. The Kier molecular flexibility index (Phi) is 4.24. The number of hydrogen-bond donors (Lipinski definition) is 1. The second-order valence-corrected chi connectivity index (χ2v) is 5.58. The number of nitrogens with zero attached hydrogens (tertiary/aromatic N) is 2. The van der Waals surface area contributed by atoms with Gasteiger partial charge < -0.3 is 5.32 Å². The molecule has 3 nitrogen and oxygen atoms in total. The molecule has 0 amide bonds. The van der Waals surface area contributed by atoms with Crippen LogP contribution in [0.1, 0.15) is 5.56 Å². The first-order valence-corrected chi connectivity index (χ1v) is 6.69. The smallest absolute Gasteiger partial charge is 0.100 e. The standard InChI is InChI=1S/C11H12BrN3S/c12-10-1-2-11(9(7-10)8-13)16-15-5-3-14-4-6-15/h1-2,7,14H,3-6H2. The zero-order valence-electron chi connectivity index (χ0n) is 8.74. The van der Waals surface area contributed by atoms with E-state index >= 15 is 0 Å². The lowest BCUT2D eigenvalue weighted by Gasteiger charge is -2.26. The summed E-state index contributed by atoms with van der Waals surface area (Å²) in [7, 11) is 0. The lowest BCUT2D eigenvalue weighted by atomic mass is 10.2. The highest BCUT2D eigenvalue weighted by atomic mass is 79.9. The molecule has 1 aliphatic rings. The fraction of sp³-hybridized carbons (Fsp3) is 0.364. The van der Waals surface area contributed by atoms with Crippen molar-refractivity contribution in [2.24, 2.45) is 0 Å². The Labute approximate surface area is 108 Å². The first-order valence-electron chi connectivity index (χ1n) is 5.13. The maximum Gasteiger partial charge on any atom is 0.100 e. The Morgan fingerprint density at radius 2 is 2.12 bits per heavy atom. The zero-order valence-corrected chi connectivity index (χ0v) is 11.1.